The number of Topliss-reactive ketones (excluding diaryl/α,β-unsaturated/α-hetero) is 1. The van der Waals surface area contributed by atoms with E-state index in [1.807, 2.05) is 0 Å². The van der Waals surface area contributed by atoms with Crippen molar-refractivity contribution < 1.29 is 33.9 Å². The van der Waals surface area contributed by atoms with Gasteiger partial charge in [0.05, 0.1) is 0 Å². The van der Waals surface area contributed by atoms with Gasteiger partial charge >= 0.3 is 5.97 Å². The number of benzene rings is 2. The Kier molecular flexibility index (Phi) is 10.0. The van der Waals surface area contributed by atoms with Crippen LogP contribution in [0, 0.1) is 0 Å². The molecule has 3 atom stereocenters. The Morgan fingerprint density at radius 2 is 1.71 bits per heavy atom. The number of halogens is 1. The lowest BCUT2D eigenvalue weighted by Gasteiger charge is -2.43. The van der Waals surface area contributed by atoms with Crippen LogP contribution < -0.4 is 10.6 Å². The van der Waals surface area contributed by atoms with Gasteiger partial charge in [-0.2, -0.15) is 0 Å². The molecular weight excluding hydrogens is 584 g/mol. The normalized spacial score (nSPS) is 19.3. The Labute approximate surface area is 252 Å². The Balaban J connectivity index is 1.53. The first-order valence-corrected chi connectivity index (χ1v) is 14.2. The van der Waals surface area contributed by atoms with Crippen LogP contribution in [0.3, 0.4) is 0 Å². The second-order valence-electron chi connectivity index (χ2n) is 9.96. The summed E-state index contributed by atoms with van der Waals surface area (Å²) in [5.74, 6) is -4.59. The van der Waals surface area contributed by atoms with Crippen molar-refractivity contribution in [2.75, 3.05) is 6.54 Å². The van der Waals surface area contributed by atoms with Gasteiger partial charge in [-0.05, 0) is 49.4 Å². The average molecular weight is 613 g/mol. The molecule has 42 heavy (non-hydrogen) atoms. The molecule has 11 nitrogen and oxygen atoms in total. The molecule has 4 amide bonds. The van der Waals surface area contributed by atoms with Gasteiger partial charge in [0.15, 0.2) is 5.78 Å². The molecule has 4 rings (SSSR count). The summed E-state index contributed by atoms with van der Waals surface area (Å²) in [5, 5.41) is 17.3. The largest absolute Gasteiger partial charge is 0.477 e. The van der Waals surface area contributed by atoms with Crippen molar-refractivity contribution in [2.24, 2.45) is 0 Å². The molecule has 13 heteroatoms. The summed E-state index contributed by atoms with van der Waals surface area (Å²) in [7, 11) is 0. The molecule has 0 spiro atoms. The molecule has 2 aliphatic rings. The molecule has 3 N–H and O–H groups in total. The zero-order valence-electron chi connectivity index (χ0n) is 22.5. The smallest absolute Gasteiger partial charge is 0.345 e. The van der Waals surface area contributed by atoms with E-state index in [2.05, 4.69) is 10.6 Å². The maximum absolute atomic E-state index is 13.7. The number of thiocarbonyl (C=S) groups is 1. The molecule has 0 radical (unpaired) electrons. The number of aliphatic carboxylic acids is 1. The first-order chi connectivity index (χ1) is 20.1. The minimum Gasteiger partial charge on any atom is -0.477 e. The Bertz CT molecular complexity index is 1420. The Morgan fingerprint density at radius 1 is 1.02 bits per heavy atom. The fourth-order valence-corrected chi connectivity index (χ4v) is 5.42. The van der Waals surface area contributed by atoms with Crippen molar-refractivity contribution in [3.8, 4) is 0 Å². The van der Waals surface area contributed by atoms with Crippen LogP contribution in [-0.2, 0) is 30.4 Å². The van der Waals surface area contributed by atoms with Gasteiger partial charge in [-0.25, -0.2) is 9.80 Å². The number of rotatable bonds is 10. The van der Waals surface area contributed by atoms with Gasteiger partial charge < -0.3 is 15.7 Å². The molecule has 220 valence electrons. The number of fused-ring (bicyclic) bond motifs is 1. The highest BCUT2D eigenvalue weighted by molar-refractivity contribution is 7.82. The number of carbonyl (C=O) groups is 6. The van der Waals surface area contributed by atoms with Gasteiger partial charge in [-0.1, -0.05) is 60.2 Å². The highest BCUT2D eigenvalue weighted by atomic mass is 35.5. The minimum atomic E-state index is -1.64. The summed E-state index contributed by atoms with van der Waals surface area (Å²) < 4.78 is 0. The quantitative estimate of drug-likeness (QED) is 0.345. The van der Waals surface area contributed by atoms with E-state index in [0.717, 1.165) is 5.01 Å². The maximum Gasteiger partial charge on any atom is 0.345 e. The lowest BCUT2D eigenvalue weighted by atomic mass is 9.99. The van der Waals surface area contributed by atoms with E-state index >= 15 is 0 Å². The highest BCUT2D eigenvalue weighted by Crippen LogP contribution is 2.25. The lowest BCUT2D eigenvalue weighted by molar-refractivity contribution is -0.176. The second-order valence-corrected chi connectivity index (χ2v) is 10.8. The average Bonchev–Trinajstić information content (AvgIpc) is 3.11. The first kappa shape index (κ1) is 30.8. The molecule has 0 aromatic heterocycles. The van der Waals surface area contributed by atoms with E-state index in [0.29, 0.717) is 22.6 Å². The van der Waals surface area contributed by atoms with Gasteiger partial charge in [0.1, 0.15) is 23.0 Å². The molecule has 2 fully saturated rings. The monoisotopic (exact) mass is 612 g/mol. The zero-order valence-corrected chi connectivity index (χ0v) is 24.0. The number of hydrogen-bond donors (Lipinski definition) is 3. The van der Waals surface area contributed by atoms with Crippen molar-refractivity contribution in [2.45, 2.75) is 56.7 Å². The van der Waals surface area contributed by atoms with Crippen LogP contribution in [-0.4, -0.2) is 80.0 Å². The first-order valence-electron chi connectivity index (χ1n) is 13.4. The maximum atomic E-state index is 13.7. The summed E-state index contributed by atoms with van der Waals surface area (Å²) >= 11 is 11.2. The van der Waals surface area contributed by atoms with Crippen LogP contribution in [0.2, 0.25) is 5.02 Å². The number of amides is 4. The molecule has 0 aliphatic carbocycles. The second kappa shape index (κ2) is 13.7. The van der Waals surface area contributed by atoms with Crippen molar-refractivity contribution >= 4 is 64.1 Å². The number of hydrogen-bond acceptors (Lipinski definition) is 7. The third-order valence-electron chi connectivity index (χ3n) is 7.19. The van der Waals surface area contributed by atoms with E-state index < -0.39 is 58.4 Å². The molecule has 2 saturated heterocycles. The topological polar surface area (TPSA) is 153 Å². The van der Waals surface area contributed by atoms with Crippen LogP contribution >= 0.6 is 23.8 Å². The van der Waals surface area contributed by atoms with Gasteiger partial charge in [0.25, 0.3) is 11.8 Å². The van der Waals surface area contributed by atoms with Crippen LogP contribution in [0.25, 0.3) is 0 Å². The number of carbonyl (C=O) groups excluding carboxylic acids is 5. The molecule has 2 aromatic rings. The molecule has 2 aliphatic heterocycles. The van der Waals surface area contributed by atoms with Crippen LogP contribution in [0.5, 0.6) is 0 Å². The number of nitrogens with one attached hydrogen (secondary N) is 2. The molecule has 2 aromatic carbocycles. The van der Waals surface area contributed by atoms with Crippen molar-refractivity contribution in [1.82, 2.24) is 20.7 Å². The van der Waals surface area contributed by atoms with E-state index in [1.165, 1.54) is 5.01 Å². The van der Waals surface area contributed by atoms with E-state index in [1.54, 1.807) is 54.6 Å². The molecule has 2 heterocycles. The van der Waals surface area contributed by atoms with Gasteiger partial charge in [-0.3, -0.25) is 29.0 Å². The third kappa shape index (κ3) is 7.00. The fourth-order valence-electron chi connectivity index (χ4n) is 4.99. The van der Waals surface area contributed by atoms with Crippen LogP contribution in [0.15, 0.2) is 54.6 Å². The predicted molar refractivity (Wildman–Crippen MR) is 155 cm³/mol. The Morgan fingerprint density at radius 3 is 2.40 bits per heavy atom. The standard InChI is InChI=1S/C29H29ClN4O7S/c30-19-10-5-4-7-17(19)12-14-22(35)24(25(42)29(40)41)32-27(38)21-11-6-16-33-23(36)15-13-20(28(39)34(21)33)31-26(37)18-8-2-1-3-9-18/h1-5,7-10,20-21,24H,6,11-16H2,(H,31,37)(H,32,38)(H,40,41). The predicted octanol–water partition coefficient (Wildman–Crippen LogP) is 2.11. The molecule has 0 bridgehead atoms. The number of ketones is 1. The number of carboxylic acids is 1. The van der Waals surface area contributed by atoms with Gasteiger partial charge in [0.2, 0.25) is 11.8 Å². The van der Waals surface area contributed by atoms with Crippen molar-refractivity contribution in [1.29, 1.82) is 0 Å². The summed E-state index contributed by atoms with van der Waals surface area (Å²) in [5.41, 5.74) is 0.991. The number of nitrogens with zero attached hydrogens (tertiary/aromatic N) is 2. The van der Waals surface area contributed by atoms with E-state index in [9.17, 15) is 33.9 Å². The summed E-state index contributed by atoms with van der Waals surface area (Å²) in [4.78, 5) is 77.2. The summed E-state index contributed by atoms with van der Waals surface area (Å²) in [6.45, 7) is 0.182. The van der Waals surface area contributed by atoms with Gasteiger partial charge in [-0.15, -0.1) is 0 Å². The fraction of sp³-hybridized carbons (Fsp3) is 0.345. The molecular formula is C29H29ClN4O7S. The Hall–Kier alpha value is -4.16. The van der Waals surface area contributed by atoms with Crippen LogP contribution in [0.1, 0.15) is 48.0 Å². The summed E-state index contributed by atoms with van der Waals surface area (Å²) in [6.07, 6.45) is 0.538. The summed E-state index contributed by atoms with van der Waals surface area (Å²) in [6, 6.07) is 11.2. The van der Waals surface area contributed by atoms with E-state index in [4.69, 9.17) is 23.8 Å². The van der Waals surface area contributed by atoms with Crippen molar-refractivity contribution in [3.05, 3.63) is 70.7 Å². The highest BCUT2D eigenvalue weighted by Gasteiger charge is 2.45. The van der Waals surface area contributed by atoms with Crippen molar-refractivity contribution in [3.63, 3.8) is 0 Å². The third-order valence-corrected chi connectivity index (χ3v) is 7.96. The van der Waals surface area contributed by atoms with Gasteiger partial charge in [0, 0.05) is 30.0 Å². The molecule has 0 saturated carbocycles. The van der Waals surface area contributed by atoms with Crippen LogP contribution in [0.4, 0.5) is 0 Å². The zero-order chi connectivity index (χ0) is 30.4. The number of aryl methyl sites for hydroxylation is 1. The SMILES string of the molecule is O=C(O)C(=S)C(NC(=O)C1CCCN2C(=O)CCC(NC(=O)c3ccccc3)C(=O)N12)C(=O)CCc1ccccc1Cl. The molecule has 3 unspecified atom stereocenters. The minimum absolute atomic E-state index is 0.0316. The number of hydrazine groups is 1. The lowest BCUT2D eigenvalue weighted by Crippen LogP contribution is -2.65. The number of carboxylic acid groups (broad SMARTS) is 1. The van der Waals surface area contributed by atoms with E-state index in [-0.39, 0.29) is 38.6 Å².